The molecule has 1 aliphatic heterocycles. The molecule has 5 heteroatoms. The van der Waals surface area contributed by atoms with Crippen molar-refractivity contribution < 1.29 is 19.1 Å². The molecule has 0 bridgehead atoms. The number of methoxy groups -OCH3 is 1. The number of rotatable bonds is 3. The van der Waals surface area contributed by atoms with Gasteiger partial charge in [0.25, 0.3) is 0 Å². The van der Waals surface area contributed by atoms with Crippen LogP contribution in [0.15, 0.2) is 48.5 Å². The quantitative estimate of drug-likeness (QED) is 0.829. The number of ether oxygens (including phenoxy) is 2. The van der Waals surface area contributed by atoms with Crippen molar-refractivity contribution in [1.29, 1.82) is 0 Å². The molecule has 140 valence electrons. The Hall–Kier alpha value is -2.82. The summed E-state index contributed by atoms with van der Waals surface area (Å²) in [6, 6.07) is 15.4. The molecule has 2 aliphatic rings. The Balaban J connectivity index is 1.37. The lowest BCUT2D eigenvalue weighted by Crippen LogP contribution is -2.45. The molecule has 1 saturated heterocycles. The topological polar surface area (TPSA) is 55.8 Å². The lowest BCUT2D eigenvalue weighted by molar-refractivity contribution is 0.0521. The fraction of sp³-hybridized carbons (Fsp3) is 0.364. The highest BCUT2D eigenvalue weighted by Gasteiger charge is 2.47. The number of amides is 1. The summed E-state index contributed by atoms with van der Waals surface area (Å²) < 4.78 is 10.7. The van der Waals surface area contributed by atoms with Crippen molar-refractivity contribution in [3.8, 4) is 5.75 Å². The molecule has 0 aromatic heterocycles. The van der Waals surface area contributed by atoms with E-state index in [1.54, 1.807) is 12.0 Å². The lowest BCUT2D eigenvalue weighted by Gasteiger charge is -2.37. The van der Waals surface area contributed by atoms with E-state index in [4.69, 9.17) is 9.47 Å². The van der Waals surface area contributed by atoms with Crippen molar-refractivity contribution in [2.75, 3.05) is 20.2 Å². The van der Waals surface area contributed by atoms with E-state index < -0.39 is 0 Å². The molecule has 1 amide bonds. The maximum Gasteiger partial charge on any atom is 0.410 e. The molecule has 0 radical (unpaired) electrons. The molecule has 1 fully saturated rings. The number of fused-ring (bicyclic) bond motifs is 1. The Labute approximate surface area is 158 Å². The third-order valence-corrected chi connectivity index (χ3v) is 5.76. The van der Waals surface area contributed by atoms with Crippen LogP contribution in [0.4, 0.5) is 4.79 Å². The van der Waals surface area contributed by atoms with Crippen LogP contribution in [-0.2, 0) is 17.8 Å². The predicted molar refractivity (Wildman–Crippen MR) is 101 cm³/mol. The molecular weight excluding hydrogens is 342 g/mol. The van der Waals surface area contributed by atoms with Crippen molar-refractivity contribution in [3.63, 3.8) is 0 Å². The third-order valence-electron chi connectivity index (χ3n) is 5.76. The number of carbonyl (C=O) groups is 2. The Morgan fingerprint density at radius 3 is 2.56 bits per heavy atom. The van der Waals surface area contributed by atoms with Crippen LogP contribution in [0.2, 0.25) is 0 Å². The average Bonchev–Trinajstić information content (AvgIpc) is 2.98. The van der Waals surface area contributed by atoms with Gasteiger partial charge in [-0.05, 0) is 42.5 Å². The average molecular weight is 365 g/mol. The number of ketones is 1. The largest absolute Gasteiger partial charge is 0.497 e. The van der Waals surface area contributed by atoms with Gasteiger partial charge >= 0.3 is 6.09 Å². The van der Waals surface area contributed by atoms with Crippen LogP contribution < -0.4 is 4.74 Å². The third kappa shape index (κ3) is 3.29. The fourth-order valence-corrected chi connectivity index (χ4v) is 4.11. The van der Waals surface area contributed by atoms with Gasteiger partial charge in [0.1, 0.15) is 12.4 Å². The predicted octanol–water partition coefficient (Wildman–Crippen LogP) is 3.85. The van der Waals surface area contributed by atoms with Gasteiger partial charge in [-0.15, -0.1) is 0 Å². The van der Waals surface area contributed by atoms with Gasteiger partial charge in [-0.2, -0.15) is 0 Å². The zero-order valence-electron chi connectivity index (χ0n) is 15.4. The summed E-state index contributed by atoms with van der Waals surface area (Å²) >= 11 is 0. The highest BCUT2D eigenvalue weighted by molar-refractivity contribution is 6.05. The molecule has 27 heavy (non-hydrogen) atoms. The van der Waals surface area contributed by atoms with Gasteiger partial charge in [0, 0.05) is 24.1 Å². The molecule has 1 spiro atoms. The standard InChI is InChI=1S/C22H23NO4/c1-26-18-8-7-17-14-22(20(24)19(17)13-18)9-11-23(12-10-22)21(25)27-15-16-5-3-2-4-6-16/h2-8,13H,9-12,14-15H2,1H3. The van der Waals surface area contributed by atoms with Gasteiger partial charge in [0.05, 0.1) is 7.11 Å². The second-order valence-electron chi connectivity index (χ2n) is 7.34. The highest BCUT2D eigenvalue weighted by atomic mass is 16.6. The van der Waals surface area contributed by atoms with Crippen LogP contribution in [0.3, 0.4) is 0 Å². The molecule has 0 saturated carbocycles. The minimum atomic E-state index is -0.384. The first-order chi connectivity index (χ1) is 13.1. The van der Waals surface area contributed by atoms with Crippen LogP contribution in [-0.4, -0.2) is 37.0 Å². The van der Waals surface area contributed by atoms with E-state index in [0.717, 1.165) is 23.1 Å². The molecule has 1 heterocycles. The summed E-state index contributed by atoms with van der Waals surface area (Å²) in [7, 11) is 1.61. The SMILES string of the molecule is COc1ccc2c(c1)C(=O)C1(CCN(C(=O)OCc3ccccc3)CC1)C2. The molecule has 2 aromatic carbocycles. The maximum absolute atomic E-state index is 13.0. The van der Waals surface area contributed by atoms with Crippen LogP contribution in [0.25, 0.3) is 0 Å². The van der Waals surface area contributed by atoms with Crippen molar-refractivity contribution in [1.82, 2.24) is 4.90 Å². The van der Waals surface area contributed by atoms with Gasteiger partial charge in [-0.25, -0.2) is 4.79 Å². The normalized spacial score (nSPS) is 17.7. The van der Waals surface area contributed by atoms with Gasteiger partial charge in [0.15, 0.2) is 5.78 Å². The molecule has 1 aliphatic carbocycles. The molecule has 5 nitrogen and oxygen atoms in total. The van der Waals surface area contributed by atoms with Crippen LogP contribution >= 0.6 is 0 Å². The van der Waals surface area contributed by atoms with E-state index in [1.807, 2.05) is 48.5 Å². The van der Waals surface area contributed by atoms with E-state index in [-0.39, 0.29) is 23.9 Å². The van der Waals surface area contributed by atoms with Gasteiger partial charge < -0.3 is 14.4 Å². The van der Waals surface area contributed by atoms with E-state index in [2.05, 4.69) is 0 Å². The van der Waals surface area contributed by atoms with Crippen molar-refractivity contribution >= 4 is 11.9 Å². The number of likely N-dealkylation sites (tertiary alicyclic amines) is 1. The van der Waals surface area contributed by atoms with Gasteiger partial charge in [-0.1, -0.05) is 36.4 Å². The minimum Gasteiger partial charge on any atom is -0.497 e. The van der Waals surface area contributed by atoms with Crippen molar-refractivity contribution in [3.05, 3.63) is 65.2 Å². The first kappa shape index (κ1) is 17.6. The number of Topliss-reactive ketones (excluding diaryl/α,β-unsaturated/α-hetero) is 1. The smallest absolute Gasteiger partial charge is 0.410 e. The molecule has 0 N–H and O–H groups in total. The number of piperidine rings is 1. The zero-order chi connectivity index (χ0) is 18.9. The van der Waals surface area contributed by atoms with Crippen LogP contribution in [0.5, 0.6) is 5.75 Å². The van der Waals surface area contributed by atoms with Crippen LogP contribution in [0.1, 0.15) is 34.3 Å². The molecule has 0 atom stereocenters. The maximum atomic E-state index is 13.0. The van der Waals surface area contributed by atoms with E-state index >= 15 is 0 Å². The van der Waals surface area contributed by atoms with E-state index in [9.17, 15) is 9.59 Å². The first-order valence-electron chi connectivity index (χ1n) is 9.29. The Morgan fingerprint density at radius 2 is 1.85 bits per heavy atom. The molecule has 4 rings (SSSR count). The van der Waals surface area contributed by atoms with E-state index in [1.165, 1.54) is 0 Å². The molecule has 0 unspecified atom stereocenters. The second-order valence-corrected chi connectivity index (χ2v) is 7.34. The lowest BCUT2D eigenvalue weighted by atomic mass is 9.75. The number of hydrogen-bond donors (Lipinski definition) is 0. The summed E-state index contributed by atoms with van der Waals surface area (Å²) in [6.07, 6.45) is 1.78. The summed E-state index contributed by atoms with van der Waals surface area (Å²) in [5.74, 6) is 0.898. The number of benzene rings is 2. The van der Waals surface area contributed by atoms with Crippen molar-refractivity contribution in [2.24, 2.45) is 5.41 Å². The van der Waals surface area contributed by atoms with Crippen LogP contribution in [0, 0.1) is 5.41 Å². The molecular formula is C22H23NO4. The summed E-state index contributed by atoms with van der Waals surface area (Å²) in [5.41, 5.74) is 2.44. The first-order valence-corrected chi connectivity index (χ1v) is 9.29. The second kappa shape index (κ2) is 7.06. The highest BCUT2D eigenvalue weighted by Crippen LogP contribution is 2.45. The van der Waals surface area contributed by atoms with Gasteiger partial charge in [0.2, 0.25) is 0 Å². The summed E-state index contributed by atoms with van der Waals surface area (Å²) in [5, 5.41) is 0. The monoisotopic (exact) mass is 365 g/mol. The Morgan fingerprint density at radius 1 is 1.11 bits per heavy atom. The van der Waals surface area contributed by atoms with Gasteiger partial charge in [-0.3, -0.25) is 4.79 Å². The summed E-state index contributed by atoms with van der Waals surface area (Å²) in [6.45, 7) is 1.36. The number of carbonyl (C=O) groups excluding carboxylic acids is 2. The number of hydrogen-bond acceptors (Lipinski definition) is 4. The van der Waals surface area contributed by atoms with E-state index in [0.29, 0.717) is 31.7 Å². The number of nitrogens with zero attached hydrogens (tertiary/aromatic N) is 1. The molecule has 2 aromatic rings. The minimum absolute atomic E-state index is 0.189. The zero-order valence-corrected chi connectivity index (χ0v) is 15.4. The Bertz CT molecular complexity index is 854. The van der Waals surface area contributed by atoms with Crippen molar-refractivity contribution in [2.45, 2.75) is 25.9 Å². The summed E-state index contributed by atoms with van der Waals surface area (Å²) in [4.78, 5) is 27.1. The Kier molecular flexibility index (Phi) is 4.60. The fourth-order valence-electron chi connectivity index (χ4n) is 4.11.